The molecule has 0 saturated heterocycles. The van der Waals surface area contributed by atoms with Gasteiger partial charge in [-0.3, -0.25) is 9.48 Å². The molecular formula is C14H18N4O2. The molecule has 0 unspecified atom stereocenters. The predicted octanol–water partition coefficient (Wildman–Crippen LogP) is 1.58. The molecule has 20 heavy (non-hydrogen) atoms. The van der Waals surface area contributed by atoms with Crippen LogP contribution in [0.5, 0.6) is 5.88 Å². The molecule has 6 nitrogen and oxygen atoms in total. The van der Waals surface area contributed by atoms with Gasteiger partial charge in [-0.25, -0.2) is 4.98 Å². The first-order valence-electron chi connectivity index (χ1n) is 6.42. The second kappa shape index (κ2) is 6.18. The molecule has 0 radical (unpaired) electrons. The van der Waals surface area contributed by atoms with E-state index in [1.54, 1.807) is 42.2 Å². The fourth-order valence-electron chi connectivity index (χ4n) is 1.90. The van der Waals surface area contributed by atoms with Crippen LogP contribution in [-0.2, 0) is 13.1 Å². The number of nitrogens with zero attached hydrogens (tertiary/aromatic N) is 4. The molecular weight excluding hydrogens is 256 g/mol. The zero-order chi connectivity index (χ0) is 14.5. The van der Waals surface area contributed by atoms with Crippen LogP contribution in [0.1, 0.15) is 23.0 Å². The van der Waals surface area contributed by atoms with Crippen molar-refractivity contribution in [1.82, 2.24) is 19.7 Å². The summed E-state index contributed by atoms with van der Waals surface area (Å²) in [5, 5.41) is 4.21. The number of carbonyl (C=O) groups excluding carboxylic acids is 1. The van der Waals surface area contributed by atoms with Gasteiger partial charge in [-0.1, -0.05) is 6.07 Å². The van der Waals surface area contributed by atoms with Crippen molar-refractivity contribution in [3.63, 3.8) is 0 Å². The lowest BCUT2D eigenvalue weighted by molar-refractivity contribution is 0.0777. The zero-order valence-corrected chi connectivity index (χ0v) is 11.9. The molecule has 0 N–H and O–H groups in total. The Morgan fingerprint density at radius 3 is 2.90 bits per heavy atom. The van der Waals surface area contributed by atoms with Crippen molar-refractivity contribution < 1.29 is 9.53 Å². The first-order chi connectivity index (χ1) is 9.65. The highest BCUT2D eigenvalue weighted by Gasteiger charge is 2.16. The molecule has 106 valence electrons. The smallest absolute Gasteiger partial charge is 0.274 e. The van der Waals surface area contributed by atoms with Crippen molar-refractivity contribution in [2.75, 3.05) is 14.2 Å². The standard InChI is InChI=1S/C14H18N4O2/c1-4-18-9-7-12(16-18)14(19)17(2)10-11-6-5-8-15-13(11)20-3/h5-9H,4,10H2,1-3H3. The molecule has 0 aromatic carbocycles. The Morgan fingerprint density at radius 1 is 1.45 bits per heavy atom. The van der Waals surface area contributed by atoms with Crippen LogP contribution in [0.25, 0.3) is 0 Å². The SMILES string of the molecule is CCn1ccc(C(=O)N(C)Cc2cccnc2OC)n1. The fraction of sp³-hybridized carbons (Fsp3) is 0.357. The molecule has 0 spiro atoms. The van der Waals surface area contributed by atoms with Crippen LogP contribution in [-0.4, -0.2) is 39.7 Å². The van der Waals surface area contributed by atoms with Gasteiger partial charge in [-0.2, -0.15) is 5.10 Å². The van der Waals surface area contributed by atoms with E-state index in [9.17, 15) is 4.79 Å². The number of hydrogen-bond acceptors (Lipinski definition) is 4. The summed E-state index contributed by atoms with van der Waals surface area (Å²) in [7, 11) is 3.30. The van der Waals surface area contributed by atoms with E-state index in [-0.39, 0.29) is 5.91 Å². The molecule has 0 bridgehead atoms. The largest absolute Gasteiger partial charge is 0.481 e. The number of carbonyl (C=O) groups is 1. The predicted molar refractivity (Wildman–Crippen MR) is 74.5 cm³/mol. The molecule has 0 aliphatic carbocycles. The van der Waals surface area contributed by atoms with E-state index in [4.69, 9.17) is 4.74 Å². The summed E-state index contributed by atoms with van der Waals surface area (Å²) >= 11 is 0. The topological polar surface area (TPSA) is 60.2 Å². The van der Waals surface area contributed by atoms with Crippen LogP contribution in [0.3, 0.4) is 0 Å². The maximum absolute atomic E-state index is 12.3. The maximum Gasteiger partial charge on any atom is 0.274 e. The van der Waals surface area contributed by atoms with Crippen molar-refractivity contribution in [1.29, 1.82) is 0 Å². The Bertz CT molecular complexity index is 594. The maximum atomic E-state index is 12.3. The lowest BCUT2D eigenvalue weighted by Crippen LogP contribution is -2.27. The third-order valence-electron chi connectivity index (χ3n) is 2.98. The van der Waals surface area contributed by atoms with Crippen LogP contribution in [0, 0.1) is 0 Å². The summed E-state index contributed by atoms with van der Waals surface area (Å²) in [5.41, 5.74) is 1.30. The van der Waals surface area contributed by atoms with Crippen molar-refractivity contribution in [2.24, 2.45) is 0 Å². The zero-order valence-electron chi connectivity index (χ0n) is 11.9. The summed E-state index contributed by atoms with van der Waals surface area (Å²) in [5.74, 6) is 0.411. The Kier molecular flexibility index (Phi) is 4.34. The second-order valence-electron chi connectivity index (χ2n) is 4.39. The second-order valence-corrected chi connectivity index (χ2v) is 4.39. The van der Waals surface area contributed by atoms with Gasteiger partial charge in [0.2, 0.25) is 5.88 Å². The monoisotopic (exact) mass is 274 g/mol. The molecule has 6 heteroatoms. The quantitative estimate of drug-likeness (QED) is 0.830. The van der Waals surface area contributed by atoms with E-state index >= 15 is 0 Å². The van der Waals surface area contributed by atoms with Crippen LogP contribution >= 0.6 is 0 Å². The van der Waals surface area contributed by atoms with Crippen molar-refractivity contribution in [2.45, 2.75) is 20.0 Å². The average Bonchev–Trinajstić information content (AvgIpc) is 2.95. The summed E-state index contributed by atoms with van der Waals surface area (Å²) in [6.07, 6.45) is 3.46. The van der Waals surface area contributed by atoms with Crippen molar-refractivity contribution in [3.05, 3.63) is 41.9 Å². The van der Waals surface area contributed by atoms with Gasteiger partial charge >= 0.3 is 0 Å². The van der Waals surface area contributed by atoms with Crippen molar-refractivity contribution in [3.8, 4) is 5.88 Å². The normalized spacial score (nSPS) is 10.3. The molecule has 2 aromatic rings. The van der Waals surface area contributed by atoms with Gasteiger partial charge in [-0.15, -0.1) is 0 Å². The highest BCUT2D eigenvalue weighted by Crippen LogP contribution is 2.16. The molecule has 0 aliphatic rings. The molecule has 1 amide bonds. The minimum atomic E-state index is -0.122. The number of aryl methyl sites for hydroxylation is 1. The van der Waals surface area contributed by atoms with Crippen molar-refractivity contribution >= 4 is 5.91 Å². The van der Waals surface area contributed by atoms with Gasteiger partial charge in [0, 0.05) is 31.5 Å². The lowest BCUT2D eigenvalue weighted by Gasteiger charge is -2.17. The Morgan fingerprint density at radius 2 is 2.25 bits per heavy atom. The van der Waals surface area contributed by atoms with E-state index in [2.05, 4.69) is 10.1 Å². The highest BCUT2D eigenvalue weighted by molar-refractivity contribution is 5.92. The summed E-state index contributed by atoms with van der Waals surface area (Å²) in [6.45, 7) is 3.15. The molecule has 0 fully saturated rings. The van der Waals surface area contributed by atoms with Crippen LogP contribution in [0.2, 0.25) is 0 Å². The molecule has 0 saturated carbocycles. The third-order valence-corrected chi connectivity index (χ3v) is 2.98. The molecule has 0 aliphatic heterocycles. The van der Waals surface area contributed by atoms with E-state index in [1.807, 2.05) is 19.1 Å². The summed E-state index contributed by atoms with van der Waals surface area (Å²) < 4.78 is 6.91. The number of ether oxygens (including phenoxy) is 1. The van der Waals surface area contributed by atoms with E-state index in [0.717, 1.165) is 12.1 Å². The number of aromatic nitrogens is 3. The van der Waals surface area contributed by atoms with Gasteiger partial charge in [0.15, 0.2) is 0 Å². The molecule has 2 rings (SSSR count). The molecule has 2 heterocycles. The minimum Gasteiger partial charge on any atom is -0.481 e. The Hall–Kier alpha value is -2.37. The summed E-state index contributed by atoms with van der Waals surface area (Å²) in [4.78, 5) is 18.0. The number of amides is 1. The van der Waals surface area contributed by atoms with Gasteiger partial charge in [0.05, 0.1) is 13.7 Å². The Labute approximate surface area is 118 Å². The number of pyridine rings is 1. The van der Waals surface area contributed by atoms with Gasteiger partial charge in [0.1, 0.15) is 5.69 Å². The molecule has 0 atom stereocenters. The van der Waals surface area contributed by atoms with E-state index in [1.165, 1.54) is 0 Å². The van der Waals surface area contributed by atoms with E-state index in [0.29, 0.717) is 18.1 Å². The number of methoxy groups -OCH3 is 1. The minimum absolute atomic E-state index is 0.122. The number of rotatable bonds is 5. The van der Waals surface area contributed by atoms with E-state index < -0.39 is 0 Å². The first-order valence-corrected chi connectivity index (χ1v) is 6.42. The average molecular weight is 274 g/mol. The first kappa shape index (κ1) is 14.0. The Balaban J connectivity index is 2.11. The van der Waals surface area contributed by atoms with Gasteiger partial charge in [0.25, 0.3) is 5.91 Å². The van der Waals surface area contributed by atoms with Gasteiger partial charge in [-0.05, 0) is 19.1 Å². The van der Waals surface area contributed by atoms with Gasteiger partial charge < -0.3 is 9.64 Å². The molecule has 2 aromatic heterocycles. The number of hydrogen-bond donors (Lipinski definition) is 0. The van der Waals surface area contributed by atoms with Crippen LogP contribution in [0.15, 0.2) is 30.6 Å². The third kappa shape index (κ3) is 2.96. The lowest BCUT2D eigenvalue weighted by atomic mass is 10.2. The highest BCUT2D eigenvalue weighted by atomic mass is 16.5. The summed E-state index contributed by atoms with van der Waals surface area (Å²) in [6, 6.07) is 5.44. The fourth-order valence-corrected chi connectivity index (χ4v) is 1.90. The van der Waals surface area contributed by atoms with Crippen LogP contribution in [0.4, 0.5) is 0 Å². The van der Waals surface area contributed by atoms with Crippen LogP contribution < -0.4 is 4.74 Å².